The van der Waals surface area contributed by atoms with Gasteiger partial charge in [0.05, 0.1) is 32.0 Å². The van der Waals surface area contributed by atoms with Gasteiger partial charge in [-0.25, -0.2) is 4.79 Å². The van der Waals surface area contributed by atoms with Gasteiger partial charge in [-0.1, -0.05) is 56.6 Å². The number of amides is 2. The summed E-state index contributed by atoms with van der Waals surface area (Å²) in [6.07, 6.45) is 3.90. The van der Waals surface area contributed by atoms with Crippen LogP contribution in [-0.4, -0.2) is 40.3 Å². The van der Waals surface area contributed by atoms with Crippen LogP contribution in [0.5, 0.6) is 11.5 Å². The molecular formula is C36H46ClN2O4Si. The van der Waals surface area contributed by atoms with Crippen LogP contribution in [0.25, 0.3) is 0 Å². The second kappa shape index (κ2) is 13.2. The van der Waals surface area contributed by atoms with Crippen molar-refractivity contribution < 1.29 is 18.7 Å². The zero-order chi connectivity index (χ0) is 31.6. The number of anilines is 1. The molecule has 0 saturated heterocycles. The first kappa shape index (κ1) is 32.4. The van der Waals surface area contributed by atoms with Crippen LogP contribution in [-0.2, 0) is 23.1 Å². The number of benzene rings is 3. The van der Waals surface area contributed by atoms with Crippen molar-refractivity contribution in [3.05, 3.63) is 88.4 Å². The predicted octanol–water partition coefficient (Wildman–Crippen LogP) is 9.07. The van der Waals surface area contributed by atoms with Gasteiger partial charge in [0, 0.05) is 23.2 Å². The third kappa shape index (κ3) is 6.80. The minimum Gasteiger partial charge on any atom is -0.497 e. The number of ether oxygens (including phenoxy) is 2. The van der Waals surface area contributed by atoms with Gasteiger partial charge in [0.25, 0.3) is 0 Å². The largest absolute Gasteiger partial charge is 0.497 e. The van der Waals surface area contributed by atoms with Crippen LogP contribution in [0, 0.1) is 11.3 Å². The highest BCUT2D eigenvalue weighted by Crippen LogP contribution is 2.58. The Morgan fingerprint density at radius 2 is 1.48 bits per heavy atom. The Labute approximate surface area is 270 Å². The van der Waals surface area contributed by atoms with Crippen LogP contribution in [0.15, 0.2) is 66.7 Å². The van der Waals surface area contributed by atoms with Gasteiger partial charge < -0.3 is 18.8 Å². The number of rotatable bonds is 12. The van der Waals surface area contributed by atoms with Gasteiger partial charge in [-0.05, 0) is 104 Å². The lowest BCUT2D eigenvalue weighted by Gasteiger charge is -2.53. The first-order chi connectivity index (χ1) is 21.0. The highest BCUT2D eigenvalue weighted by molar-refractivity contribution is 6.48. The molecule has 1 fully saturated rings. The maximum atomic E-state index is 14.9. The number of fused-ring (bicyclic) bond motifs is 1. The Morgan fingerprint density at radius 1 is 0.909 bits per heavy atom. The molecule has 3 aromatic carbocycles. The summed E-state index contributed by atoms with van der Waals surface area (Å²) in [5.41, 5.74) is 3.65. The number of carbonyl (C=O) groups is 1. The van der Waals surface area contributed by atoms with Crippen LogP contribution in [0.4, 0.5) is 10.5 Å². The number of hydrogen-bond acceptors (Lipinski definition) is 4. The van der Waals surface area contributed by atoms with Crippen LogP contribution < -0.4 is 14.4 Å². The fourth-order valence-electron chi connectivity index (χ4n) is 6.62. The van der Waals surface area contributed by atoms with Gasteiger partial charge in [-0.2, -0.15) is 0 Å². The molecule has 235 valence electrons. The van der Waals surface area contributed by atoms with Crippen molar-refractivity contribution in [3.8, 4) is 11.5 Å². The smallest absolute Gasteiger partial charge is 0.325 e. The van der Waals surface area contributed by atoms with E-state index in [1.807, 2.05) is 53.4 Å². The summed E-state index contributed by atoms with van der Waals surface area (Å²) >= 11 is 6.78. The van der Waals surface area contributed by atoms with Gasteiger partial charge >= 0.3 is 6.03 Å². The van der Waals surface area contributed by atoms with E-state index in [0.29, 0.717) is 24.0 Å². The van der Waals surface area contributed by atoms with Crippen LogP contribution in [0.2, 0.25) is 18.1 Å². The molecule has 2 amide bonds. The van der Waals surface area contributed by atoms with Crippen molar-refractivity contribution in [2.75, 3.05) is 19.1 Å². The van der Waals surface area contributed by atoms with Crippen molar-refractivity contribution in [1.29, 1.82) is 0 Å². The Hall–Kier alpha value is -3.00. The maximum absolute atomic E-state index is 14.9. The zero-order valence-corrected chi connectivity index (χ0v) is 28.9. The molecule has 1 aliphatic carbocycles. The summed E-state index contributed by atoms with van der Waals surface area (Å²) in [5, 5.41) is 0.688. The van der Waals surface area contributed by atoms with Crippen molar-refractivity contribution >= 4 is 32.4 Å². The summed E-state index contributed by atoms with van der Waals surface area (Å²) in [4.78, 5) is 19.0. The number of methoxy groups -OCH3 is 2. The van der Waals surface area contributed by atoms with Crippen molar-refractivity contribution in [2.45, 2.75) is 84.3 Å². The van der Waals surface area contributed by atoms with E-state index >= 15 is 0 Å². The lowest BCUT2D eigenvalue weighted by Crippen LogP contribution is -2.59. The number of halogens is 1. The number of urea groups is 1. The highest BCUT2D eigenvalue weighted by Gasteiger charge is 2.57. The first-order valence-corrected chi connectivity index (χ1v) is 18.4. The highest BCUT2D eigenvalue weighted by atomic mass is 35.5. The van der Waals surface area contributed by atoms with E-state index in [1.54, 1.807) is 14.2 Å². The molecule has 8 heteroatoms. The molecule has 1 saturated carbocycles. The molecule has 44 heavy (non-hydrogen) atoms. The average Bonchev–Trinajstić information content (AvgIpc) is 3.84. The monoisotopic (exact) mass is 633 g/mol. The van der Waals surface area contributed by atoms with Gasteiger partial charge in [0.15, 0.2) is 0 Å². The van der Waals surface area contributed by atoms with Gasteiger partial charge in [-0.15, -0.1) is 0 Å². The average molecular weight is 634 g/mol. The number of carbonyl (C=O) groups excluding carboxylic acids is 1. The van der Waals surface area contributed by atoms with Crippen molar-refractivity contribution in [2.24, 2.45) is 11.3 Å². The lowest BCUT2D eigenvalue weighted by atomic mass is 9.74. The Morgan fingerprint density at radius 3 is 1.98 bits per heavy atom. The second-order valence-corrected chi connectivity index (χ2v) is 15.9. The second-order valence-electron chi connectivity index (χ2n) is 13.4. The van der Waals surface area contributed by atoms with E-state index in [0.717, 1.165) is 59.6 Å². The SMILES string of the molecule is COc1ccc(CN2C(=O)N(Cc3ccc(OC)cc3)C(CCC(O[Si](C)C)C(C)(C)C)(C3CC3)c3cc(Cl)ccc32)cc1. The quantitative estimate of drug-likeness (QED) is 0.187. The Bertz CT molecular complexity index is 1440. The Kier molecular flexibility index (Phi) is 9.68. The molecular weight excluding hydrogens is 588 g/mol. The van der Waals surface area contributed by atoms with E-state index in [-0.39, 0.29) is 17.6 Å². The summed E-state index contributed by atoms with van der Waals surface area (Å²) < 4.78 is 17.4. The zero-order valence-electron chi connectivity index (χ0n) is 27.2. The molecule has 2 atom stereocenters. The summed E-state index contributed by atoms with van der Waals surface area (Å²) in [7, 11) is 2.42. The minimum absolute atomic E-state index is 0.0160. The van der Waals surface area contributed by atoms with Gasteiger partial charge in [0.1, 0.15) is 11.5 Å². The van der Waals surface area contributed by atoms with Crippen LogP contribution >= 0.6 is 11.6 Å². The molecule has 1 radical (unpaired) electrons. The summed E-state index contributed by atoms with van der Waals surface area (Å²) in [6.45, 7) is 12.1. The van der Waals surface area contributed by atoms with E-state index in [1.165, 1.54) is 0 Å². The van der Waals surface area contributed by atoms with Gasteiger partial charge in [0.2, 0.25) is 9.04 Å². The van der Waals surface area contributed by atoms with Crippen molar-refractivity contribution in [1.82, 2.24) is 4.90 Å². The standard InChI is InChI=1S/C36H46ClN2O4Si/c1-35(2,3)33(43-44(6)7)20-21-36(27-12-13-27)31-22-28(37)14-19-32(31)38(23-25-8-15-29(41-4)16-9-25)34(40)39(36)24-26-10-17-30(42-5)18-11-26/h8-11,14-19,22,27,33H,12-13,20-21,23-24H2,1-7H3. The predicted molar refractivity (Wildman–Crippen MR) is 180 cm³/mol. The van der Waals surface area contributed by atoms with E-state index in [2.05, 4.69) is 57.0 Å². The lowest BCUT2D eigenvalue weighted by molar-refractivity contribution is 0.0309. The maximum Gasteiger partial charge on any atom is 0.325 e. The molecule has 2 unspecified atom stereocenters. The third-order valence-electron chi connectivity index (χ3n) is 9.04. The van der Waals surface area contributed by atoms with E-state index in [9.17, 15) is 4.79 Å². The topological polar surface area (TPSA) is 51.2 Å². The molecule has 1 aliphatic heterocycles. The molecule has 0 spiro atoms. The molecule has 0 N–H and O–H groups in total. The summed E-state index contributed by atoms with van der Waals surface area (Å²) in [5.74, 6) is 1.94. The Balaban J connectivity index is 1.63. The van der Waals surface area contributed by atoms with Crippen molar-refractivity contribution in [3.63, 3.8) is 0 Å². The fraction of sp³-hybridized carbons (Fsp3) is 0.472. The molecule has 2 aliphatic rings. The molecule has 3 aromatic rings. The van der Waals surface area contributed by atoms with Gasteiger partial charge in [-0.3, -0.25) is 4.90 Å². The van der Waals surface area contributed by atoms with Crippen LogP contribution in [0.3, 0.4) is 0 Å². The molecule has 6 nitrogen and oxygen atoms in total. The minimum atomic E-state index is -0.915. The van der Waals surface area contributed by atoms with E-state index in [4.69, 9.17) is 25.5 Å². The number of nitrogens with zero attached hydrogens (tertiary/aromatic N) is 2. The van der Waals surface area contributed by atoms with E-state index < -0.39 is 14.6 Å². The fourth-order valence-corrected chi connectivity index (χ4v) is 7.84. The molecule has 5 rings (SSSR count). The molecule has 0 aromatic heterocycles. The summed E-state index contributed by atoms with van der Waals surface area (Å²) in [6, 6.07) is 22.1. The first-order valence-electron chi connectivity index (χ1n) is 15.6. The van der Waals surface area contributed by atoms with Crippen LogP contribution in [0.1, 0.15) is 63.1 Å². The third-order valence-corrected chi connectivity index (χ3v) is 10.0. The molecule has 0 bridgehead atoms. The normalized spacial score (nSPS) is 19.2. The number of hydrogen-bond donors (Lipinski definition) is 0. The molecule has 1 heterocycles.